The van der Waals surface area contributed by atoms with Crippen LogP contribution in [0.15, 0.2) is 36.7 Å². The van der Waals surface area contributed by atoms with Crippen molar-refractivity contribution in [2.75, 3.05) is 13.1 Å². The second-order valence-corrected chi connectivity index (χ2v) is 4.59. The van der Waals surface area contributed by atoms with Crippen molar-refractivity contribution in [1.29, 1.82) is 0 Å². The number of aromatic nitrogens is 2. The topological polar surface area (TPSA) is 29.3 Å². The highest BCUT2D eigenvalue weighted by Gasteiger charge is 1.96. The van der Waals surface area contributed by atoms with E-state index in [1.165, 1.54) is 0 Å². The standard InChI is InChI=1S/C14H19N3/c1-12(2)10-15-8-5-6-13-11-17-9-4-3-7-14(17)16-13/h3-7,9,11-12,15H,8,10H2,1-2H3. The maximum absolute atomic E-state index is 4.49. The van der Waals surface area contributed by atoms with Crippen LogP contribution >= 0.6 is 0 Å². The van der Waals surface area contributed by atoms with E-state index in [0.29, 0.717) is 5.92 Å². The average Bonchev–Trinajstić information content (AvgIpc) is 2.70. The molecule has 0 aromatic carbocycles. The lowest BCUT2D eigenvalue weighted by molar-refractivity contribution is 0.577. The molecule has 0 aliphatic carbocycles. The molecular formula is C14H19N3. The highest BCUT2D eigenvalue weighted by Crippen LogP contribution is 2.05. The van der Waals surface area contributed by atoms with E-state index in [1.807, 2.05) is 35.0 Å². The zero-order chi connectivity index (χ0) is 12.1. The Morgan fingerprint density at radius 2 is 2.29 bits per heavy atom. The molecule has 0 bridgehead atoms. The molecule has 3 heteroatoms. The molecule has 0 spiro atoms. The van der Waals surface area contributed by atoms with Crippen molar-refractivity contribution in [3.05, 3.63) is 42.4 Å². The minimum atomic E-state index is 0.693. The second-order valence-electron chi connectivity index (χ2n) is 4.59. The maximum atomic E-state index is 4.49. The summed E-state index contributed by atoms with van der Waals surface area (Å²) in [6, 6.07) is 6.01. The maximum Gasteiger partial charge on any atom is 0.137 e. The van der Waals surface area contributed by atoms with E-state index in [0.717, 1.165) is 24.4 Å². The Bertz CT molecular complexity index is 464. The van der Waals surface area contributed by atoms with E-state index in [9.17, 15) is 0 Å². The highest BCUT2D eigenvalue weighted by atomic mass is 15.0. The number of nitrogens with one attached hydrogen (secondary N) is 1. The minimum absolute atomic E-state index is 0.693. The second kappa shape index (κ2) is 5.64. The lowest BCUT2D eigenvalue weighted by Gasteiger charge is -2.03. The van der Waals surface area contributed by atoms with Crippen LogP contribution in [-0.4, -0.2) is 22.5 Å². The van der Waals surface area contributed by atoms with Gasteiger partial charge >= 0.3 is 0 Å². The Balaban J connectivity index is 1.92. The molecule has 0 amide bonds. The van der Waals surface area contributed by atoms with Crippen LogP contribution in [0.25, 0.3) is 11.7 Å². The van der Waals surface area contributed by atoms with E-state index in [2.05, 4.69) is 36.3 Å². The van der Waals surface area contributed by atoms with Crippen molar-refractivity contribution in [1.82, 2.24) is 14.7 Å². The van der Waals surface area contributed by atoms with E-state index in [1.54, 1.807) is 0 Å². The summed E-state index contributed by atoms with van der Waals surface area (Å²) in [5, 5.41) is 3.37. The summed E-state index contributed by atoms with van der Waals surface area (Å²) < 4.78 is 2.03. The first-order chi connectivity index (χ1) is 8.25. The van der Waals surface area contributed by atoms with Gasteiger partial charge < -0.3 is 9.72 Å². The van der Waals surface area contributed by atoms with Gasteiger partial charge in [-0.3, -0.25) is 0 Å². The molecule has 1 N–H and O–H groups in total. The fourth-order valence-electron chi connectivity index (χ4n) is 1.67. The molecule has 90 valence electrons. The Morgan fingerprint density at radius 3 is 3.06 bits per heavy atom. The SMILES string of the molecule is CC(C)CNCC=Cc1cn2ccccc2n1. The number of fused-ring (bicyclic) bond motifs is 1. The van der Waals surface area contributed by atoms with E-state index >= 15 is 0 Å². The minimum Gasteiger partial charge on any atom is -0.313 e. The number of hydrogen-bond acceptors (Lipinski definition) is 2. The van der Waals surface area contributed by atoms with Gasteiger partial charge in [-0.25, -0.2) is 4.98 Å². The highest BCUT2D eigenvalue weighted by molar-refractivity contribution is 5.51. The van der Waals surface area contributed by atoms with Crippen molar-refractivity contribution in [3.63, 3.8) is 0 Å². The third kappa shape index (κ3) is 3.43. The lowest BCUT2D eigenvalue weighted by atomic mass is 10.2. The van der Waals surface area contributed by atoms with Crippen LogP contribution in [0.1, 0.15) is 19.5 Å². The Labute approximate surface area is 102 Å². The van der Waals surface area contributed by atoms with Gasteiger partial charge in [-0.1, -0.05) is 26.0 Å². The van der Waals surface area contributed by atoms with Gasteiger partial charge in [0.2, 0.25) is 0 Å². The fraction of sp³-hybridized carbons (Fsp3) is 0.357. The predicted molar refractivity (Wildman–Crippen MR) is 71.9 cm³/mol. The van der Waals surface area contributed by atoms with Gasteiger partial charge in [0, 0.05) is 18.9 Å². The molecule has 3 nitrogen and oxygen atoms in total. The third-order valence-electron chi connectivity index (χ3n) is 2.49. The molecule has 0 fully saturated rings. The van der Waals surface area contributed by atoms with Crippen LogP contribution in [0, 0.1) is 5.92 Å². The first-order valence-electron chi connectivity index (χ1n) is 6.06. The van der Waals surface area contributed by atoms with Crippen molar-refractivity contribution in [2.24, 2.45) is 5.92 Å². The Morgan fingerprint density at radius 1 is 1.41 bits per heavy atom. The molecule has 2 aromatic rings. The first-order valence-corrected chi connectivity index (χ1v) is 6.06. The molecule has 0 saturated carbocycles. The van der Waals surface area contributed by atoms with Crippen molar-refractivity contribution in [3.8, 4) is 0 Å². The van der Waals surface area contributed by atoms with Crippen molar-refractivity contribution >= 4 is 11.7 Å². The van der Waals surface area contributed by atoms with Gasteiger partial charge in [0.05, 0.1) is 5.69 Å². The van der Waals surface area contributed by atoms with Crippen LogP contribution in [-0.2, 0) is 0 Å². The number of nitrogens with zero attached hydrogens (tertiary/aromatic N) is 2. The van der Waals surface area contributed by atoms with Crippen LogP contribution in [0.2, 0.25) is 0 Å². The number of rotatable bonds is 5. The molecule has 0 saturated heterocycles. The largest absolute Gasteiger partial charge is 0.313 e. The molecular weight excluding hydrogens is 210 g/mol. The Hall–Kier alpha value is -1.61. The summed E-state index contributed by atoms with van der Waals surface area (Å²) in [5.74, 6) is 0.693. The number of imidazole rings is 1. The van der Waals surface area contributed by atoms with Crippen molar-refractivity contribution < 1.29 is 0 Å². The summed E-state index contributed by atoms with van der Waals surface area (Å²) in [7, 11) is 0. The summed E-state index contributed by atoms with van der Waals surface area (Å²) >= 11 is 0. The van der Waals surface area contributed by atoms with Crippen LogP contribution in [0.4, 0.5) is 0 Å². The van der Waals surface area contributed by atoms with E-state index in [-0.39, 0.29) is 0 Å². The van der Waals surface area contributed by atoms with Gasteiger partial charge in [-0.2, -0.15) is 0 Å². The zero-order valence-electron chi connectivity index (χ0n) is 10.4. The zero-order valence-corrected chi connectivity index (χ0v) is 10.4. The molecule has 0 unspecified atom stereocenters. The fourth-order valence-corrected chi connectivity index (χ4v) is 1.67. The Kier molecular flexibility index (Phi) is 3.94. The first kappa shape index (κ1) is 11.9. The van der Waals surface area contributed by atoms with Gasteiger partial charge in [0.25, 0.3) is 0 Å². The molecule has 2 heterocycles. The van der Waals surface area contributed by atoms with Crippen LogP contribution < -0.4 is 5.32 Å². The molecule has 0 atom stereocenters. The van der Waals surface area contributed by atoms with E-state index in [4.69, 9.17) is 0 Å². The van der Waals surface area contributed by atoms with Gasteiger partial charge in [0.15, 0.2) is 0 Å². The molecule has 17 heavy (non-hydrogen) atoms. The summed E-state index contributed by atoms with van der Waals surface area (Å²) in [4.78, 5) is 4.49. The van der Waals surface area contributed by atoms with E-state index < -0.39 is 0 Å². The van der Waals surface area contributed by atoms with Gasteiger partial charge in [-0.15, -0.1) is 0 Å². The summed E-state index contributed by atoms with van der Waals surface area (Å²) in [6.07, 6.45) is 8.22. The normalized spacial score (nSPS) is 11.9. The molecule has 0 radical (unpaired) electrons. The molecule has 0 aliphatic heterocycles. The number of pyridine rings is 1. The lowest BCUT2D eigenvalue weighted by Crippen LogP contribution is -2.19. The monoisotopic (exact) mass is 229 g/mol. The molecule has 0 aliphatic rings. The van der Waals surface area contributed by atoms with Gasteiger partial charge in [0.1, 0.15) is 5.65 Å². The number of hydrogen-bond donors (Lipinski definition) is 1. The smallest absolute Gasteiger partial charge is 0.137 e. The van der Waals surface area contributed by atoms with Gasteiger partial charge in [-0.05, 0) is 30.7 Å². The predicted octanol–water partition coefficient (Wildman–Crippen LogP) is 2.59. The van der Waals surface area contributed by atoms with Crippen molar-refractivity contribution in [2.45, 2.75) is 13.8 Å². The third-order valence-corrected chi connectivity index (χ3v) is 2.49. The summed E-state index contributed by atoms with van der Waals surface area (Å²) in [5.41, 5.74) is 1.99. The van der Waals surface area contributed by atoms with Crippen LogP contribution in [0.5, 0.6) is 0 Å². The summed E-state index contributed by atoms with van der Waals surface area (Å²) in [6.45, 7) is 6.36. The average molecular weight is 229 g/mol. The molecule has 2 rings (SSSR count). The van der Waals surface area contributed by atoms with Crippen LogP contribution in [0.3, 0.4) is 0 Å². The molecule has 2 aromatic heterocycles. The quantitative estimate of drug-likeness (QED) is 0.798.